The fourth-order valence-corrected chi connectivity index (χ4v) is 1.19. The van der Waals surface area contributed by atoms with E-state index in [1.54, 1.807) is 0 Å². The summed E-state index contributed by atoms with van der Waals surface area (Å²) in [6.45, 7) is 3.88. The molecule has 2 nitrogen and oxygen atoms in total. The molecule has 1 aromatic carbocycles. The van der Waals surface area contributed by atoms with Crippen molar-refractivity contribution >= 4 is 0 Å². The Morgan fingerprint density at radius 2 is 2.00 bits per heavy atom. The van der Waals surface area contributed by atoms with Crippen LogP contribution in [0.4, 0.5) is 0 Å². The second-order valence-electron chi connectivity index (χ2n) is 3.23. The molecule has 0 aromatic heterocycles. The largest absolute Gasteiger partial charge is 0.491 e. The van der Waals surface area contributed by atoms with E-state index in [9.17, 15) is 5.11 Å². The maximum absolute atomic E-state index is 10.5. The zero-order valence-electron chi connectivity index (χ0n) is 8.12. The second-order valence-corrected chi connectivity index (χ2v) is 3.23. The van der Waals surface area contributed by atoms with Crippen molar-refractivity contribution in [3.8, 4) is 5.75 Å². The standard InChI is InChI=1S/C11H15O2/c1-9(2)13-11-6-4-3-5-10(11)7-8-12/h3-6,9H,7-8H2,1-2H3. The van der Waals surface area contributed by atoms with Gasteiger partial charge in [0.2, 0.25) is 0 Å². The van der Waals surface area contributed by atoms with Crippen LogP contribution in [0.1, 0.15) is 19.4 Å². The molecule has 0 aliphatic carbocycles. The predicted molar refractivity (Wildman–Crippen MR) is 51.5 cm³/mol. The average Bonchev–Trinajstić information content (AvgIpc) is 2.08. The lowest BCUT2D eigenvalue weighted by Crippen LogP contribution is -2.07. The first-order valence-corrected chi connectivity index (χ1v) is 4.56. The number of benzene rings is 1. The van der Waals surface area contributed by atoms with E-state index >= 15 is 0 Å². The van der Waals surface area contributed by atoms with Crippen LogP contribution in [0.15, 0.2) is 24.3 Å². The molecule has 1 aromatic rings. The molecule has 0 aliphatic rings. The quantitative estimate of drug-likeness (QED) is 0.698. The summed E-state index contributed by atoms with van der Waals surface area (Å²) < 4.78 is 5.56. The van der Waals surface area contributed by atoms with Gasteiger partial charge in [-0.25, -0.2) is 5.11 Å². The Kier molecular flexibility index (Phi) is 3.77. The summed E-state index contributed by atoms with van der Waals surface area (Å²) in [5.41, 5.74) is 1.01. The molecule has 0 N–H and O–H groups in total. The van der Waals surface area contributed by atoms with Crippen molar-refractivity contribution < 1.29 is 9.84 Å². The van der Waals surface area contributed by atoms with Gasteiger partial charge in [-0.2, -0.15) is 0 Å². The molecule has 0 atom stereocenters. The van der Waals surface area contributed by atoms with Crippen LogP contribution in [0.3, 0.4) is 0 Å². The summed E-state index contributed by atoms with van der Waals surface area (Å²) in [4.78, 5) is 0. The molecule has 2 heteroatoms. The smallest absolute Gasteiger partial charge is 0.122 e. The van der Waals surface area contributed by atoms with Crippen LogP contribution in [0.25, 0.3) is 0 Å². The first-order chi connectivity index (χ1) is 6.24. The van der Waals surface area contributed by atoms with E-state index in [1.807, 2.05) is 38.1 Å². The summed E-state index contributed by atoms with van der Waals surface area (Å²) in [5, 5.41) is 10.5. The van der Waals surface area contributed by atoms with E-state index in [0.29, 0.717) is 6.42 Å². The number of hydrogen-bond donors (Lipinski definition) is 0. The van der Waals surface area contributed by atoms with Gasteiger partial charge in [0.05, 0.1) is 12.7 Å². The molecule has 0 spiro atoms. The zero-order valence-corrected chi connectivity index (χ0v) is 8.12. The number of hydrogen-bond acceptors (Lipinski definition) is 1. The molecule has 0 fully saturated rings. The maximum Gasteiger partial charge on any atom is 0.122 e. The topological polar surface area (TPSA) is 29.1 Å². The summed E-state index contributed by atoms with van der Waals surface area (Å²) in [7, 11) is 0. The number of para-hydroxylation sites is 1. The van der Waals surface area contributed by atoms with E-state index in [0.717, 1.165) is 11.3 Å². The Labute approximate surface area is 79.2 Å². The van der Waals surface area contributed by atoms with Crippen LogP contribution < -0.4 is 4.74 Å². The highest BCUT2D eigenvalue weighted by Gasteiger charge is 2.03. The molecule has 1 rings (SSSR count). The van der Waals surface area contributed by atoms with Gasteiger partial charge in [-0.3, -0.25) is 0 Å². The van der Waals surface area contributed by atoms with Crippen LogP contribution in [-0.4, -0.2) is 12.7 Å². The molecular weight excluding hydrogens is 164 g/mol. The highest BCUT2D eigenvalue weighted by atomic mass is 16.5. The molecule has 71 valence electrons. The van der Waals surface area contributed by atoms with Crippen molar-refractivity contribution in [1.29, 1.82) is 0 Å². The zero-order chi connectivity index (χ0) is 9.68. The van der Waals surface area contributed by atoms with Gasteiger partial charge in [0.15, 0.2) is 0 Å². The van der Waals surface area contributed by atoms with Crippen LogP contribution in [0, 0.1) is 0 Å². The van der Waals surface area contributed by atoms with Crippen LogP contribution >= 0.6 is 0 Å². The number of ether oxygens (including phenoxy) is 1. The molecule has 1 radical (unpaired) electrons. The highest BCUT2D eigenvalue weighted by molar-refractivity contribution is 5.33. The summed E-state index contributed by atoms with van der Waals surface area (Å²) >= 11 is 0. The molecule has 0 saturated carbocycles. The van der Waals surface area contributed by atoms with E-state index in [4.69, 9.17) is 4.74 Å². The van der Waals surface area contributed by atoms with Crippen LogP contribution in [0.5, 0.6) is 5.75 Å². The van der Waals surface area contributed by atoms with Gasteiger partial charge in [0.1, 0.15) is 5.75 Å². The van der Waals surface area contributed by atoms with Crippen LogP contribution in [-0.2, 0) is 11.5 Å². The first-order valence-electron chi connectivity index (χ1n) is 4.56. The third-order valence-electron chi connectivity index (χ3n) is 1.71. The van der Waals surface area contributed by atoms with Gasteiger partial charge in [-0.1, -0.05) is 18.2 Å². The second kappa shape index (κ2) is 4.87. The van der Waals surface area contributed by atoms with Crippen molar-refractivity contribution in [3.05, 3.63) is 29.8 Å². The van der Waals surface area contributed by atoms with Crippen molar-refractivity contribution in [2.75, 3.05) is 6.61 Å². The lowest BCUT2D eigenvalue weighted by molar-refractivity contribution is 0.193. The Morgan fingerprint density at radius 1 is 1.31 bits per heavy atom. The Hall–Kier alpha value is -1.02. The molecule has 0 amide bonds. The first kappa shape index (κ1) is 10.1. The molecule has 0 heterocycles. The van der Waals surface area contributed by atoms with E-state index in [2.05, 4.69) is 0 Å². The highest BCUT2D eigenvalue weighted by Crippen LogP contribution is 2.19. The van der Waals surface area contributed by atoms with Crippen molar-refractivity contribution in [1.82, 2.24) is 0 Å². The van der Waals surface area contributed by atoms with Crippen LogP contribution in [0.2, 0.25) is 0 Å². The Balaban J connectivity index is 2.78. The van der Waals surface area contributed by atoms with Gasteiger partial charge >= 0.3 is 0 Å². The molecule has 0 bridgehead atoms. The average molecular weight is 179 g/mol. The van der Waals surface area contributed by atoms with E-state index in [-0.39, 0.29) is 12.7 Å². The van der Waals surface area contributed by atoms with E-state index < -0.39 is 0 Å². The van der Waals surface area contributed by atoms with Gasteiger partial charge in [0.25, 0.3) is 0 Å². The molecule has 0 aliphatic heterocycles. The van der Waals surface area contributed by atoms with E-state index in [1.165, 1.54) is 0 Å². The van der Waals surface area contributed by atoms with Crippen molar-refractivity contribution in [2.45, 2.75) is 26.4 Å². The minimum absolute atomic E-state index is 0.0849. The summed E-state index contributed by atoms with van der Waals surface area (Å²) in [6, 6.07) is 7.70. The Morgan fingerprint density at radius 3 is 2.62 bits per heavy atom. The summed E-state index contributed by atoms with van der Waals surface area (Å²) in [6.07, 6.45) is 0.705. The SMILES string of the molecule is CC(C)Oc1ccccc1CC[O]. The Bertz CT molecular complexity index is 256. The molecule has 0 saturated heterocycles. The fraction of sp³-hybridized carbons (Fsp3) is 0.455. The van der Waals surface area contributed by atoms with Gasteiger partial charge < -0.3 is 4.74 Å². The summed E-state index contributed by atoms with van der Waals surface area (Å²) in [5.74, 6) is 0.841. The van der Waals surface area contributed by atoms with Crippen molar-refractivity contribution in [2.24, 2.45) is 0 Å². The minimum atomic E-state index is -0.0849. The van der Waals surface area contributed by atoms with Gasteiger partial charge in [-0.05, 0) is 25.5 Å². The van der Waals surface area contributed by atoms with Gasteiger partial charge in [-0.15, -0.1) is 0 Å². The minimum Gasteiger partial charge on any atom is -0.491 e. The monoisotopic (exact) mass is 179 g/mol. The normalized spacial score (nSPS) is 10.5. The van der Waals surface area contributed by atoms with Gasteiger partial charge in [0, 0.05) is 6.42 Å². The lowest BCUT2D eigenvalue weighted by atomic mass is 10.1. The molecule has 0 unspecified atom stereocenters. The lowest BCUT2D eigenvalue weighted by Gasteiger charge is -2.12. The molecule has 13 heavy (non-hydrogen) atoms. The predicted octanol–water partition coefficient (Wildman–Crippen LogP) is 2.45. The molecular formula is C11H15O2. The third-order valence-corrected chi connectivity index (χ3v) is 1.71. The van der Waals surface area contributed by atoms with Crippen molar-refractivity contribution in [3.63, 3.8) is 0 Å². The number of rotatable bonds is 4. The maximum atomic E-state index is 10.5. The third kappa shape index (κ3) is 3.07. The fourth-order valence-electron chi connectivity index (χ4n) is 1.19.